The largest absolute Gasteiger partial charge is 0.244 e. The zero-order valence-corrected chi connectivity index (χ0v) is 8.00. The SMILES string of the molecule is CC1(F)CCCCC(C)(F)CC1. The molecular weight excluding hydrogens is 158 g/mol. The van der Waals surface area contributed by atoms with Gasteiger partial charge in [-0.3, -0.25) is 0 Å². The van der Waals surface area contributed by atoms with Crippen molar-refractivity contribution < 1.29 is 8.78 Å². The van der Waals surface area contributed by atoms with Crippen LogP contribution in [0, 0.1) is 0 Å². The summed E-state index contributed by atoms with van der Waals surface area (Å²) in [5.74, 6) is 0. The number of alkyl halides is 2. The molecule has 2 unspecified atom stereocenters. The van der Waals surface area contributed by atoms with Crippen molar-refractivity contribution in [2.24, 2.45) is 0 Å². The highest BCUT2D eigenvalue weighted by molar-refractivity contribution is 4.83. The van der Waals surface area contributed by atoms with E-state index in [9.17, 15) is 8.78 Å². The average Bonchev–Trinajstić information content (AvgIpc) is 1.94. The molecule has 0 spiro atoms. The van der Waals surface area contributed by atoms with Crippen molar-refractivity contribution in [2.45, 2.75) is 63.7 Å². The molecule has 0 aromatic carbocycles. The molecule has 0 aliphatic heterocycles. The Labute approximate surface area is 73.3 Å². The molecule has 0 radical (unpaired) electrons. The van der Waals surface area contributed by atoms with Gasteiger partial charge in [-0.15, -0.1) is 0 Å². The van der Waals surface area contributed by atoms with Gasteiger partial charge in [0, 0.05) is 0 Å². The van der Waals surface area contributed by atoms with Crippen molar-refractivity contribution in [3.05, 3.63) is 0 Å². The molecular formula is C10H18F2. The van der Waals surface area contributed by atoms with E-state index in [1.807, 2.05) is 0 Å². The molecule has 0 aromatic rings. The predicted molar refractivity (Wildman–Crippen MR) is 46.7 cm³/mol. The standard InChI is InChI=1S/C10H18F2/c1-9(11)5-3-4-6-10(2,12)8-7-9/h3-8H2,1-2H3. The van der Waals surface area contributed by atoms with Crippen molar-refractivity contribution in [2.75, 3.05) is 0 Å². The fraction of sp³-hybridized carbons (Fsp3) is 1.00. The fourth-order valence-electron chi connectivity index (χ4n) is 1.76. The van der Waals surface area contributed by atoms with Gasteiger partial charge in [0.15, 0.2) is 0 Å². The van der Waals surface area contributed by atoms with Gasteiger partial charge in [-0.25, -0.2) is 8.78 Å². The van der Waals surface area contributed by atoms with E-state index in [0.29, 0.717) is 25.7 Å². The zero-order chi connectivity index (χ0) is 9.24. The van der Waals surface area contributed by atoms with Crippen LogP contribution in [0.4, 0.5) is 8.78 Å². The van der Waals surface area contributed by atoms with Crippen molar-refractivity contribution in [3.63, 3.8) is 0 Å². The monoisotopic (exact) mass is 176 g/mol. The van der Waals surface area contributed by atoms with Gasteiger partial charge < -0.3 is 0 Å². The van der Waals surface area contributed by atoms with E-state index >= 15 is 0 Å². The first-order valence-electron chi connectivity index (χ1n) is 4.79. The average molecular weight is 176 g/mol. The van der Waals surface area contributed by atoms with Gasteiger partial charge >= 0.3 is 0 Å². The highest BCUT2D eigenvalue weighted by atomic mass is 19.1. The molecule has 12 heavy (non-hydrogen) atoms. The lowest BCUT2D eigenvalue weighted by Crippen LogP contribution is -2.27. The van der Waals surface area contributed by atoms with Crippen LogP contribution in [0.2, 0.25) is 0 Å². The topological polar surface area (TPSA) is 0 Å². The molecule has 72 valence electrons. The minimum Gasteiger partial charge on any atom is -0.244 e. The summed E-state index contributed by atoms with van der Waals surface area (Å²) in [7, 11) is 0. The highest BCUT2D eigenvalue weighted by Crippen LogP contribution is 2.35. The maximum Gasteiger partial charge on any atom is 0.108 e. The van der Waals surface area contributed by atoms with Crippen LogP contribution in [0.1, 0.15) is 52.4 Å². The molecule has 2 heteroatoms. The van der Waals surface area contributed by atoms with Gasteiger partial charge in [-0.1, -0.05) is 12.8 Å². The summed E-state index contributed by atoms with van der Waals surface area (Å²) in [5, 5.41) is 0. The molecule has 1 aliphatic carbocycles. The van der Waals surface area contributed by atoms with Crippen LogP contribution in [-0.2, 0) is 0 Å². The second kappa shape index (κ2) is 3.31. The normalized spacial score (nSPS) is 45.0. The zero-order valence-electron chi connectivity index (χ0n) is 8.00. The maximum absolute atomic E-state index is 13.5. The lowest BCUT2D eigenvalue weighted by molar-refractivity contribution is 0.0751. The summed E-state index contributed by atoms with van der Waals surface area (Å²) < 4.78 is 27.0. The molecule has 2 atom stereocenters. The van der Waals surface area contributed by atoms with Crippen LogP contribution in [0.3, 0.4) is 0 Å². The predicted octanol–water partition coefficient (Wildman–Crippen LogP) is 3.80. The van der Waals surface area contributed by atoms with E-state index in [0.717, 1.165) is 12.8 Å². The van der Waals surface area contributed by atoms with Gasteiger partial charge in [0.25, 0.3) is 0 Å². The molecule has 1 fully saturated rings. The van der Waals surface area contributed by atoms with E-state index in [1.54, 1.807) is 13.8 Å². The van der Waals surface area contributed by atoms with Gasteiger partial charge in [-0.2, -0.15) is 0 Å². The summed E-state index contributed by atoms with van der Waals surface area (Å²) >= 11 is 0. The summed E-state index contributed by atoms with van der Waals surface area (Å²) in [6, 6.07) is 0. The minimum absolute atomic E-state index is 0.375. The molecule has 0 aromatic heterocycles. The van der Waals surface area contributed by atoms with Gasteiger partial charge in [-0.05, 0) is 39.5 Å². The Hall–Kier alpha value is -0.140. The van der Waals surface area contributed by atoms with Gasteiger partial charge in [0.1, 0.15) is 11.3 Å². The molecule has 0 nitrogen and oxygen atoms in total. The number of hydrogen-bond acceptors (Lipinski definition) is 0. The lowest BCUT2D eigenvalue weighted by Gasteiger charge is -2.29. The fourth-order valence-corrected chi connectivity index (χ4v) is 1.76. The summed E-state index contributed by atoms with van der Waals surface area (Å²) in [6.07, 6.45) is 3.60. The Bertz CT molecular complexity index is 132. The van der Waals surface area contributed by atoms with Crippen molar-refractivity contribution in [1.29, 1.82) is 0 Å². The Morgan fingerprint density at radius 1 is 0.750 bits per heavy atom. The Kier molecular flexibility index (Phi) is 2.74. The third-order valence-electron chi connectivity index (χ3n) is 2.81. The highest BCUT2D eigenvalue weighted by Gasteiger charge is 2.32. The van der Waals surface area contributed by atoms with E-state index in [4.69, 9.17) is 0 Å². The second-order valence-electron chi connectivity index (χ2n) is 4.53. The molecule has 1 aliphatic rings. The molecule has 0 amide bonds. The van der Waals surface area contributed by atoms with E-state index in [1.165, 1.54) is 0 Å². The van der Waals surface area contributed by atoms with Crippen LogP contribution in [0.15, 0.2) is 0 Å². The van der Waals surface area contributed by atoms with Crippen LogP contribution >= 0.6 is 0 Å². The Balaban J connectivity index is 2.51. The van der Waals surface area contributed by atoms with Crippen molar-refractivity contribution in [1.82, 2.24) is 0 Å². The Morgan fingerprint density at radius 2 is 1.08 bits per heavy atom. The van der Waals surface area contributed by atoms with Crippen molar-refractivity contribution in [3.8, 4) is 0 Å². The van der Waals surface area contributed by atoms with Crippen LogP contribution in [0.25, 0.3) is 0 Å². The molecule has 0 heterocycles. The smallest absolute Gasteiger partial charge is 0.108 e. The first-order chi connectivity index (χ1) is 5.41. The molecule has 1 saturated carbocycles. The molecule has 0 N–H and O–H groups in total. The summed E-state index contributed by atoms with van der Waals surface area (Å²) in [6.45, 7) is 3.18. The molecule has 0 bridgehead atoms. The van der Waals surface area contributed by atoms with Gasteiger partial charge in [0.2, 0.25) is 0 Å². The quantitative estimate of drug-likeness (QED) is 0.526. The number of rotatable bonds is 0. The van der Waals surface area contributed by atoms with E-state index in [-0.39, 0.29) is 0 Å². The third-order valence-corrected chi connectivity index (χ3v) is 2.81. The number of halogens is 2. The second-order valence-corrected chi connectivity index (χ2v) is 4.53. The van der Waals surface area contributed by atoms with Crippen LogP contribution in [0.5, 0.6) is 0 Å². The Morgan fingerprint density at radius 3 is 1.42 bits per heavy atom. The van der Waals surface area contributed by atoms with E-state index < -0.39 is 11.3 Å². The van der Waals surface area contributed by atoms with Crippen molar-refractivity contribution >= 4 is 0 Å². The van der Waals surface area contributed by atoms with Crippen LogP contribution in [-0.4, -0.2) is 11.3 Å². The lowest BCUT2D eigenvalue weighted by atomic mass is 9.84. The molecule has 0 saturated heterocycles. The molecule has 1 rings (SSSR count). The van der Waals surface area contributed by atoms with Gasteiger partial charge in [0.05, 0.1) is 0 Å². The minimum atomic E-state index is -1.13. The first-order valence-corrected chi connectivity index (χ1v) is 4.79. The summed E-state index contributed by atoms with van der Waals surface area (Å²) in [4.78, 5) is 0. The van der Waals surface area contributed by atoms with Crippen LogP contribution < -0.4 is 0 Å². The number of hydrogen-bond donors (Lipinski definition) is 0. The third kappa shape index (κ3) is 3.08. The van der Waals surface area contributed by atoms with E-state index in [2.05, 4.69) is 0 Å². The first kappa shape index (κ1) is 9.94. The summed E-state index contributed by atoms with van der Waals surface area (Å²) in [5.41, 5.74) is -2.26. The maximum atomic E-state index is 13.5.